The summed E-state index contributed by atoms with van der Waals surface area (Å²) >= 11 is 0. The van der Waals surface area contributed by atoms with Gasteiger partial charge in [0.05, 0.1) is 0 Å². The van der Waals surface area contributed by atoms with Crippen LogP contribution in [0.4, 0.5) is 20.5 Å². The predicted octanol–water partition coefficient (Wildman–Crippen LogP) is 4.80. The van der Waals surface area contributed by atoms with E-state index in [4.69, 9.17) is 0 Å². The van der Waals surface area contributed by atoms with Crippen LogP contribution in [0.3, 0.4) is 0 Å². The quantitative estimate of drug-likeness (QED) is 0.256. The molecule has 0 rings (SSSR count). The minimum absolute atomic E-state index is 0.266. The molecule has 15 heavy (non-hydrogen) atoms. The highest BCUT2D eigenvalue weighted by molar-refractivity contribution is 6.69. The molecule has 0 aliphatic carbocycles. The van der Waals surface area contributed by atoms with Gasteiger partial charge in [-0.2, -0.15) is 0 Å². The maximum absolute atomic E-state index is 13.0. The van der Waals surface area contributed by atoms with Crippen molar-refractivity contribution in [2.24, 2.45) is 0 Å². The zero-order chi connectivity index (χ0) is 11.9. The Labute approximate surface area is 89.8 Å². The molecule has 0 radical (unpaired) electrons. The second-order valence-corrected chi connectivity index (χ2v) is 8.22. The van der Waals surface area contributed by atoms with E-state index in [0.717, 1.165) is 12.8 Å². The molecule has 0 atom stereocenters. The molecule has 0 aliphatic rings. The maximum atomic E-state index is 13.0. The van der Waals surface area contributed by atoms with Crippen molar-refractivity contribution in [3.63, 3.8) is 0 Å². The Morgan fingerprint density at radius 1 is 0.733 bits per heavy atom. The Bertz CT molecular complexity index is 169. The van der Waals surface area contributed by atoms with Gasteiger partial charge in [0.1, 0.15) is 0 Å². The molecule has 0 unspecified atom stereocenters. The molecular formula is C8H17F5Si2. The van der Waals surface area contributed by atoms with Crippen LogP contribution < -0.4 is 0 Å². The molecule has 0 aromatic heterocycles. The summed E-state index contributed by atoms with van der Waals surface area (Å²) in [4.78, 5) is 0. The first kappa shape index (κ1) is 15.1. The molecule has 0 fully saturated rings. The van der Waals surface area contributed by atoms with Gasteiger partial charge in [0.15, 0.2) is 0 Å². The van der Waals surface area contributed by atoms with E-state index in [0.29, 0.717) is 12.8 Å². The summed E-state index contributed by atoms with van der Waals surface area (Å²) in [6, 6.07) is -2.34. The lowest BCUT2D eigenvalue weighted by molar-refractivity contribution is 0.466. The molecule has 0 nitrogen and oxygen atoms in total. The fraction of sp³-hybridized carbons (Fsp3) is 1.00. The number of hydrogen-bond donors (Lipinski definition) is 0. The van der Waals surface area contributed by atoms with Crippen LogP contribution in [0.15, 0.2) is 0 Å². The molecular weight excluding hydrogens is 247 g/mol. The fourth-order valence-electron chi connectivity index (χ4n) is 1.26. The Morgan fingerprint density at radius 2 is 1.33 bits per heavy atom. The first-order valence-electron chi connectivity index (χ1n) is 5.21. The van der Waals surface area contributed by atoms with Crippen LogP contribution in [0.2, 0.25) is 18.1 Å². The van der Waals surface area contributed by atoms with Crippen molar-refractivity contribution in [2.75, 3.05) is 0 Å². The van der Waals surface area contributed by atoms with Crippen molar-refractivity contribution in [2.45, 2.75) is 50.7 Å². The molecule has 0 aromatic rings. The first-order chi connectivity index (χ1) is 6.77. The van der Waals surface area contributed by atoms with Crippen LogP contribution in [0.1, 0.15) is 32.6 Å². The van der Waals surface area contributed by atoms with E-state index in [1.165, 1.54) is 0 Å². The lowest BCUT2D eigenvalue weighted by Gasteiger charge is -2.12. The van der Waals surface area contributed by atoms with Gasteiger partial charge in [-0.1, -0.05) is 32.6 Å². The lowest BCUT2D eigenvalue weighted by atomic mass is 10.2. The Kier molecular flexibility index (Phi) is 6.66. The lowest BCUT2D eigenvalue weighted by Crippen LogP contribution is -2.26. The predicted molar refractivity (Wildman–Crippen MR) is 55.6 cm³/mol. The third-order valence-electron chi connectivity index (χ3n) is 2.17. The average molecular weight is 264 g/mol. The van der Waals surface area contributed by atoms with Gasteiger partial charge in [-0.25, -0.2) is 12.3 Å². The standard InChI is InChI=1S/C8H17F5Si2/c1-2-3-4-5-6-14(9,10)7-8-15(11,12)13/h2-8H2,1H3. The molecule has 0 aromatic carbocycles. The minimum Gasteiger partial charge on any atom is -0.270 e. The Balaban J connectivity index is 3.67. The number of halogens is 5. The third kappa shape index (κ3) is 10.4. The Hall–Kier alpha value is 0.0838. The number of hydrogen-bond acceptors (Lipinski definition) is 0. The van der Waals surface area contributed by atoms with Crippen molar-refractivity contribution in [3.05, 3.63) is 0 Å². The molecule has 7 heteroatoms. The topological polar surface area (TPSA) is 0 Å². The zero-order valence-corrected chi connectivity index (χ0v) is 10.8. The van der Waals surface area contributed by atoms with Crippen LogP contribution in [-0.2, 0) is 0 Å². The Morgan fingerprint density at radius 3 is 1.80 bits per heavy atom. The summed E-state index contributed by atoms with van der Waals surface area (Å²) in [5.41, 5.74) is 0. The van der Waals surface area contributed by atoms with Crippen molar-refractivity contribution in [1.82, 2.24) is 0 Å². The van der Waals surface area contributed by atoms with Gasteiger partial charge in [-0.15, -0.1) is 0 Å². The summed E-state index contributed by atoms with van der Waals surface area (Å²) in [6.45, 7) is 1.96. The van der Waals surface area contributed by atoms with Crippen LogP contribution >= 0.6 is 0 Å². The van der Waals surface area contributed by atoms with Gasteiger partial charge in [-0.05, 0) is 6.04 Å². The van der Waals surface area contributed by atoms with E-state index >= 15 is 0 Å². The largest absolute Gasteiger partial charge is 0.615 e. The van der Waals surface area contributed by atoms with Crippen molar-refractivity contribution in [1.29, 1.82) is 0 Å². The van der Waals surface area contributed by atoms with Crippen LogP contribution in [0.5, 0.6) is 0 Å². The highest BCUT2D eigenvalue weighted by Crippen LogP contribution is 2.29. The summed E-state index contributed by atoms with van der Waals surface area (Å²) in [6.07, 6.45) is 2.93. The summed E-state index contributed by atoms with van der Waals surface area (Å²) in [7, 11) is -10.3. The van der Waals surface area contributed by atoms with E-state index in [9.17, 15) is 20.5 Å². The summed E-state index contributed by atoms with van der Waals surface area (Å²) in [5.74, 6) is 0. The summed E-state index contributed by atoms with van der Waals surface area (Å²) in [5, 5.41) is 0. The van der Waals surface area contributed by atoms with Gasteiger partial charge in [-0.3, -0.25) is 8.22 Å². The third-order valence-corrected chi connectivity index (χ3v) is 5.55. The molecule has 0 aliphatic heterocycles. The molecule has 0 N–H and O–H groups in total. The minimum atomic E-state index is -5.77. The van der Waals surface area contributed by atoms with Gasteiger partial charge in [0.2, 0.25) is 0 Å². The van der Waals surface area contributed by atoms with E-state index in [1.807, 2.05) is 6.92 Å². The first-order valence-corrected chi connectivity index (χ1v) is 9.22. The number of rotatable bonds is 8. The molecule has 0 heterocycles. The molecule has 0 spiro atoms. The van der Waals surface area contributed by atoms with E-state index in [2.05, 4.69) is 0 Å². The maximum Gasteiger partial charge on any atom is 0.615 e. The van der Waals surface area contributed by atoms with Crippen LogP contribution in [-0.4, -0.2) is 17.8 Å². The molecule has 0 bridgehead atoms. The second-order valence-electron chi connectivity index (χ2n) is 3.78. The normalized spacial score (nSPS) is 13.2. The molecule has 0 saturated heterocycles. The molecule has 0 saturated carbocycles. The second kappa shape index (κ2) is 6.62. The average Bonchev–Trinajstić information content (AvgIpc) is 2.09. The fourth-order valence-corrected chi connectivity index (χ4v) is 4.87. The molecule has 92 valence electrons. The van der Waals surface area contributed by atoms with Crippen molar-refractivity contribution >= 4 is 17.8 Å². The smallest absolute Gasteiger partial charge is 0.270 e. The van der Waals surface area contributed by atoms with Crippen molar-refractivity contribution in [3.8, 4) is 0 Å². The molecule has 0 amide bonds. The highest BCUT2D eigenvalue weighted by atomic mass is 28.5. The summed E-state index contributed by atoms with van der Waals surface area (Å²) < 4.78 is 61.7. The highest BCUT2D eigenvalue weighted by Gasteiger charge is 2.43. The van der Waals surface area contributed by atoms with E-state index < -0.39 is 29.9 Å². The van der Waals surface area contributed by atoms with Gasteiger partial charge >= 0.3 is 17.8 Å². The number of unbranched alkanes of at least 4 members (excludes halogenated alkanes) is 3. The van der Waals surface area contributed by atoms with E-state index in [1.54, 1.807) is 0 Å². The van der Waals surface area contributed by atoms with Crippen LogP contribution in [0, 0.1) is 0 Å². The van der Waals surface area contributed by atoms with Gasteiger partial charge in [0.25, 0.3) is 0 Å². The SMILES string of the molecule is CCCCCC[Si](F)(F)CC[Si](F)(F)F. The van der Waals surface area contributed by atoms with Crippen molar-refractivity contribution < 1.29 is 20.5 Å². The van der Waals surface area contributed by atoms with E-state index in [-0.39, 0.29) is 6.04 Å². The van der Waals surface area contributed by atoms with Gasteiger partial charge in [0, 0.05) is 12.1 Å². The van der Waals surface area contributed by atoms with Gasteiger partial charge < -0.3 is 0 Å². The van der Waals surface area contributed by atoms with Crippen LogP contribution in [0.25, 0.3) is 0 Å². The zero-order valence-electron chi connectivity index (χ0n) is 8.84. The monoisotopic (exact) mass is 264 g/mol.